The minimum absolute atomic E-state index is 0.377. The van der Waals surface area contributed by atoms with Gasteiger partial charge in [0.1, 0.15) is 5.75 Å². The largest absolute Gasteiger partial charge is 0.494 e. The summed E-state index contributed by atoms with van der Waals surface area (Å²) in [4.78, 5) is 2.21. The summed E-state index contributed by atoms with van der Waals surface area (Å²) in [5.74, 6) is 0.837. The van der Waals surface area contributed by atoms with Crippen LogP contribution in [0.4, 0.5) is 0 Å². The first-order chi connectivity index (χ1) is 9.58. The average molecular weight is 281 g/mol. The van der Waals surface area contributed by atoms with Gasteiger partial charge in [0.15, 0.2) is 0 Å². The van der Waals surface area contributed by atoms with Crippen LogP contribution in [0.3, 0.4) is 0 Å². The summed E-state index contributed by atoms with van der Waals surface area (Å²) in [7, 11) is 1.70. The van der Waals surface area contributed by atoms with Crippen molar-refractivity contribution in [3.05, 3.63) is 29.8 Å². The highest BCUT2D eigenvalue weighted by atomic mass is 16.5. The summed E-state index contributed by atoms with van der Waals surface area (Å²) in [5, 5.41) is 10.3. The molecule has 20 heavy (non-hydrogen) atoms. The molecule has 1 aromatic carbocycles. The van der Waals surface area contributed by atoms with Crippen LogP contribution < -0.4 is 4.74 Å². The highest BCUT2D eigenvalue weighted by Crippen LogP contribution is 2.19. The van der Waals surface area contributed by atoms with E-state index in [0.29, 0.717) is 25.8 Å². The zero-order chi connectivity index (χ0) is 15.0. The van der Waals surface area contributed by atoms with E-state index in [-0.39, 0.29) is 0 Å². The van der Waals surface area contributed by atoms with E-state index in [1.54, 1.807) is 7.11 Å². The summed E-state index contributed by atoms with van der Waals surface area (Å²) in [6.45, 7) is 8.96. The van der Waals surface area contributed by atoms with E-state index < -0.39 is 6.10 Å². The molecule has 1 atom stereocenters. The third-order valence-electron chi connectivity index (χ3n) is 3.30. The molecular weight excluding hydrogens is 254 g/mol. The van der Waals surface area contributed by atoms with Gasteiger partial charge in [0.25, 0.3) is 0 Å². The zero-order valence-corrected chi connectivity index (χ0v) is 13.0. The summed E-state index contributed by atoms with van der Waals surface area (Å²) < 4.78 is 10.5. The quantitative estimate of drug-likeness (QED) is 0.755. The van der Waals surface area contributed by atoms with Crippen molar-refractivity contribution in [1.29, 1.82) is 0 Å². The summed E-state index contributed by atoms with van der Waals surface area (Å²) in [5.41, 5.74) is 0.913. The molecule has 0 fully saturated rings. The highest BCUT2D eigenvalue weighted by Gasteiger charge is 2.16. The van der Waals surface area contributed by atoms with Crippen molar-refractivity contribution < 1.29 is 14.6 Å². The van der Waals surface area contributed by atoms with Crippen molar-refractivity contribution >= 4 is 0 Å². The maximum absolute atomic E-state index is 10.3. The summed E-state index contributed by atoms with van der Waals surface area (Å²) in [6, 6.07) is 8.02. The van der Waals surface area contributed by atoms with E-state index in [0.717, 1.165) is 17.9 Å². The smallest absolute Gasteiger partial charge is 0.119 e. The first kappa shape index (κ1) is 17.0. The molecule has 4 nitrogen and oxygen atoms in total. The molecule has 0 spiro atoms. The number of aliphatic hydroxyl groups excluding tert-OH is 1. The maximum Gasteiger partial charge on any atom is 0.119 e. The number of methoxy groups -OCH3 is 1. The lowest BCUT2D eigenvalue weighted by molar-refractivity contribution is 0.0721. The molecule has 4 heteroatoms. The van der Waals surface area contributed by atoms with Crippen molar-refractivity contribution in [1.82, 2.24) is 4.90 Å². The van der Waals surface area contributed by atoms with Crippen LogP contribution in [0.15, 0.2) is 24.3 Å². The van der Waals surface area contributed by atoms with E-state index in [9.17, 15) is 5.11 Å². The number of hydrogen-bond acceptors (Lipinski definition) is 4. The van der Waals surface area contributed by atoms with Crippen molar-refractivity contribution in [3.8, 4) is 5.75 Å². The molecule has 1 N–H and O–H groups in total. The molecule has 0 aliphatic heterocycles. The number of benzene rings is 1. The number of aliphatic hydroxyl groups is 1. The topological polar surface area (TPSA) is 41.9 Å². The fourth-order valence-electron chi connectivity index (χ4n) is 2.05. The second-order valence-electron chi connectivity index (χ2n) is 5.10. The number of nitrogens with zero attached hydrogens (tertiary/aromatic N) is 1. The minimum Gasteiger partial charge on any atom is -0.494 e. The maximum atomic E-state index is 10.3. The van der Waals surface area contributed by atoms with E-state index in [1.807, 2.05) is 31.2 Å². The molecule has 1 unspecified atom stereocenters. The van der Waals surface area contributed by atoms with E-state index in [1.165, 1.54) is 0 Å². The van der Waals surface area contributed by atoms with Crippen molar-refractivity contribution in [2.24, 2.45) is 0 Å². The van der Waals surface area contributed by atoms with Crippen LogP contribution in [0, 0.1) is 0 Å². The number of hydrogen-bond donors (Lipinski definition) is 1. The minimum atomic E-state index is -0.495. The average Bonchev–Trinajstić information content (AvgIpc) is 2.44. The first-order valence-electron chi connectivity index (χ1n) is 7.22. The van der Waals surface area contributed by atoms with Crippen molar-refractivity contribution in [3.63, 3.8) is 0 Å². The van der Waals surface area contributed by atoms with Crippen LogP contribution in [-0.4, -0.2) is 49.5 Å². The second-order valence-corrected chi connectivity index (χ2v) is 5.10. The first-order valence-corrected chi connectivity index (χ1v) is 7.22. The van der Waals surface area contributed by atoms with Crippen LogP contribution in [0.5, 0.6) is 5.75 Å². The standard InChI is InChI=1S/C16H27NO3/c1-5-20-15-8-6-14(7-9-15)16(18)12-17(13(2)3)10-11-19-4/h6-9,13,16,18H,5,10-12H2,1-4H3. The Morgan fingerprint density at radius 2 is 1.85 bits per heavy atom. The van der Waals surface area contributed by atoms with Gasteiger partial charge in [-0.1, -0.05) is 12.1 Å². The Morgan fingerprint density at radius 3 is 2.35 bits per heavy atom. The predicted molar refractivity (Wildman–Crippen MR) is 81.2 cm³/mol. The van der Waals surface area contributed by atoms with Crippen LogP contribution >= 0.6 is 0 Å². The molecule has 114 valence electrons. The number of rotatable bonds is 9. The molecule has 0 bridgehead atoms. The van der Waals surface area contributed by atoms with E-state index >= 15 is 0 Å². The monoisotopic (exact) mass is 281 g/mol. The van der Waals surface area contributed by atoms with E-state index in [4.69, 9.17) is 9.47 Å². The third-order valence-corrected chi connectivity index (χ3v) is 3.30. The van der Waals surface area contributed by atoms with Crippen molar-refractivity contribution in [2.45, 2.75) is 32.9 Å². The van der Waals surface area contributed by atoms with Gasteiger partial charge >= 0.3 is 0 Å². The Labute approximate surface area is 122 Å². The Kier molecular flexibility index (Phi) is 7.59. The Balaban J connectivity index is 2.60. The molecule has 0 aliphatic carbocycles. The number of ether oxygens (including phenoxy) is 2. The fraction of sp³-hybridized carbons (Fsp3) is 0.625. The Bertz CT molecular complexity index is 364. The van der Waals surface area contributed by atoms with Crippen LogP contribution in [0.2, 0.25) is 0 Å². The molecule has 0 amide bonds. The summed E-state index contributed by atoms with van der Waals surface area (Å²) in [6.07, 6.45) is -0.495. The molecular formula is C16H27NO3. The lowest BCUT2D eigenvalue weighted by Crippen LogP contribution is -2.37. The van der Waals surface area contributed by atoms with Gasteiger partial charge in [0.2, 0.25) is 0 Å². The van der Waals surface area contributed by atoms with Gasteiger partial charge in [0, 0.05) is 26.2 Å². The SMILES string of the molecule is CCOc1ccc(C(O)CN(CCOC)C(C)C)cc1. The molecule has 0 saturated carbocycles. The second kappa shape index (κ2) is 8.95. The van der Waals surface area contributed by atoms with Gasteiger partial charge in [-0.15, -0.1) is 0 Å². The van der Waals surface area contributed by atoms with Gasteiger partial charge in [-0.25, -0.2) is 0 Å². The van der Waals surface area contributed by atoms with Gasteiger partial charge in [-0.05, 0) is 38.5 Å². The van der Waals surface area contributed by atoms with Gasteiger partial charge in [-0.2, -0.15) is 0 Å². The highest BCUT2D eigenvalue weighted by molar-refractivity contribution is 5.28. The lowest BCUT2D eigenvalue weighted by Gasteiger charge is -2.28. The molecule has 0 aliphatic rings. The predicted octanol–water partition coefficient (Wildman–Crippen LogP) is 2.48. The fourth-order valence-corrected chi connectivity index (χ4v) is 2.05. The van der Waals surface area contributed by atoms with Crippen LogP contribution in [-0.2, 0) is 4.74 Å². The zero-order valence-electron chi connectivity index (χ0n) is 13.0. The molecule has 0 saturated heterocycles. The Morgan fingerprint density at radius 1 is 1.20 bits per heavy atom. The molecule has 1 rings (SSSR count). The van der Waals surface area contributed by atoms with Gasteiger partial charge in [-0.3, -0.25) is 4.90 Å². The molecule has 0 radical (unpaired) electrons. The van der Waals surface area contributed by atoms with E-state index in [2.05, 4.69) is 18.7 Å². The van der Waals surface area contributed by atoms with Gasteiger partial charge in [0.05, 0.1) is 19.3 Å². The normalized spacial score (nSPS) is 12.9. The molecule has 0 aromatic heterocycles. The van der Waals surface area contributed by atoms with Crippen LogP contribution in [0.25, 0.3) is 0 Å². The van der Waals surface area contributed by atoms with Crippen molar-refractivity contribution in [2.75, 3.05) is 33.4 Å². The van der Waals surface area contributed by atoms with Crippen LogP contribution in [0.1, 0.15) is 32.4 Å². The lowest BCUT2D eigenvalue weighted by atomic mass is 10.1. The Hall–Kier alpha value is -1.10. The van der Waals surface area contributed by atoms with Gasteiger partial charge < -0.3 is 14.6 Å². The summed E-state index contributed by atoms with van der Waals surface area (Å²) >= 11 is 0. The molecule has 0 heterocycles. The molecule has 1 aromatic rings. The third kappa shape index (κ3) is 5.49.